The molecule has 1 amide bonds. The average Bonchev–Trinajstić information content (AvgIpc) is 2.67. The molecule has 0 aliphatic carbocycles. The zero-order chi connectivity index (χ0) is 19.4. The number of carbonyl (C=O) groups excluding carboxylic acids is 1. The predicted molar refractivity (Wildman–Crippen MR) is 97.9 cm³/mol. The third-order valence-electron chi connectivity index (χ3n) is 3.87. The summed E-state index contributed by atoms with van der Waals surface area (Å²) in [4.78, 5) is 39.6. The Morgan fingerprint density at radius 2 is 1.85 bits per heavy atom. The number of aryl methyl sites for hydroxylation is 1. The highest BCUT2D eigenvalue weighted by Crippen LogP contribution is 2.21. The normalized spacial score (nSPS) is 11.6. The van der Waals surface area contributed by atoms with Crippen LogP contribution < -0.4 is 5.32 Å². The first-order valence-electron chi connectivity index (χ1n) is 8.13. The van der Waals surface area contributed by atoms with Crippen molar-refractivity contribution >= 4 is 17.5 Å². The maximum atomic E-state index is 12.5. The lowest BCUT2D eigenvalue weighted by atomic mass is 10.0. The minimum Gasteiger partial charge on any atom is -0.294 e. The number of non-ortho nitro benzene ring substituents is 1. The minimum absolute atomic E-state index is 0.0283. The quantitative estimate of drug-likeness (QED) is 0.545. The molecule has 2 heterocycles. The Kier molecular flexibility index (Phi) is 5.11. The van der Waals surface area contributed by atoms with Crippen molar-refractivity contribution in [1.82, 2.24) is 19.9 Å². The van der Waals surface area contributed by atoms with Gasteiger partial charge in [0.05, 0.1) is 10.8 Å². The summed E-state index contributed by atoms with van der Waals surface area (Å²) in [6.45, 7) is 3.40. The number of nitrogens with one attached hydrogen (secondary N) is 1. The molecule has 0 spiro atoms. The molecule has 3 rings (SSSR count). The Morgan fingerprint density at radius 3 is 2.48 bits per heavy atom. The van der Waals surface area contributed by atoms with Crippen LogP contribution in [0.1, 0.15) is 24.2 Å². The van der Waals surface area contributed by atoms with Crippen molar-refractivity contribution in [1.29, 1.82) is 0 Å². The Labute approximate surface area is 154 Å². The van der Waals surface area contributed by atoms with Gasteiger partial charge in [-0.3, -0.25) is 25.2 Å². The largest absolute Gasteiger partial charge is 0.294 e. The van der Waals surface area contributed by atoms with Gasteiger partial charge < -0.3 is 0 Å². The summed E-state index contributed by atoms with van der Waals surface area (Å²) in [5.41, 5.74) is 1.19. The molecule has 0 radical (unpaired) electrons. The number of hydrogen-bond acceptors (Lipinski definition) is 7. The molecule has 0 bridgehead atoms. The molecule has 0 aliphatic rings. The summed E-state index contributed by atoms with van der Waals surface area (Å²) in [7, 11) is 0. The number of anilines is 1. The lowest BCUT2D eigenvalue weighted by molar-refractivity contribution is -0.384. The van der Waals surface area contributed by atoms with Gasteiger partial charge in [0.1, 0.15) is 11.5 Å². The highest BCUT2D eigenvalue weighted by Gasteiger charge is 2.18. The van der Waals surface area contributed by atoms with Crippen molar-refractivity contribution in [2.75, 3.05) is 5.32 Å². The van der Waals surface area contributed by atoms with Crippen molar-refractivity contribution in [3.05, 3.63) is 70.2 Å². The molecule has 9 heteroatoms. The lowest BCUT2D eigenvalue weighted by Gasteiger charge is -2.12. The van der Waals surface area contributed by atoms with Crippen LogP contribution in [0.15, 0.2) is 48.7 Å². The first-order chi connectivity index (χ1) is 12.9. The first-order valence-corrected chi connectivity index (χ1v) is 8.13. The van der Waals surface area contributed by atoms with Gasteiger partial charge in [0.2, 0.25) is 11.9 Å². The molecule has 0 aliphatic heterocycles. The second-order valence-electron chi connectivity index (χ2n) is 5.80. The lowest BCUT2D eigenvalue weighted by Crippen LogP contribution is -2.21. The van der Waals surface area contributed by atoms with E-state index in [1.54, 1.807) is 44.3 Å². The standard InChI is InChI=1S/C18H16N6O3/c1-11(13-6-8-14(9-7-13)24(26)27)17(25)23-18-21-12(2)20-16(22-18)15-5-3-4-10-19-15/h3-11H,1-2H3,(H,20,21,22,23,25). The van der Waals surface area contributed by atoms with E-state index in [2.05, 4.69) is 25.3 Å². The molecule has 0 saturated heterocycles. The molecule has 9 nitrogen and oxygen atoms in total. The van der Waals surface area contributed by atoms with E-state index in [1.807, 2.05) is 6.07 Å². The number of carbonyl (C=O) groups is 1. The Morgan fingerprint density at radius 1 is 1.11 bits per heavy atom. The van der Waals surface area contributed by atoms with E-state index in [9.17, 15) is 14.9 Å². The number of benzene rings is 1. The topological polar surface area (TPSA) is 124 Å². The van der Waals surface area contributed by atoms with E-state index in [1.165, 1.54) is 12.1 Å². The molecule has 1 unspecified atom stereocenters. The summed E-state index contributed by atoms with van der Waals surface area (Å²) in [5, 5.41) is 13.4. The van der Waals surface area contributed by atoms with Crippen LogP contribution in [0.2, 0.25) is 0 Å². The van der Waals surface area contributed by atoms with Crippen LogP contribution >= 0.6 is 0 Å². The number of amides is 1. The van der Waals surface area contributed by atoms with Crippen LogP contribution in [0.25, 0.3) is 11.5 Å². The third kappa shape index (κ3) is 4.27. The van der Waals surface area contributed by atoms with Crippen LogP contribution in [-0.2, 0) is 4.79 Å². The second kappa shape index (κ2) is 7.65. The Bertz CT molecular complexity index is 976. The molecular weight excluding hydrogens is 348 g/mol. The molecule has 136 valence electrons. The number of nitro benzene ring substituents is 1. The van der Waals surface area contributed by atoms with Crippen molar-refractivity contribution in [3.63, 3.8) is 0 Å². The van der Waals surface area contributed by atoms with Crippen molar-refractivity contribution in [2.45, 2.75) is 19.8 Å². The van der Waals surface area contributed by atoms with Crippen molar-refractivity contribution < 1.29 is 9.72 Å². The van der Waals surface area contributed by atoms with Gasteiger partial charge in [-0.15, -0.1) is 0 Å². The maximum Gasteiger partial charge on any atom is 0.269 e. The van der Waals surface area contributed by atoms with Gasteiger partial charge in [0.25, 0.3) is 5.69 Å². The highest BCUT2D eigenvalue weighted by atomic mass is 16.6. The van der Waals surface area contributed by atoms with Crippen LogP contribution in [0, 0.1) is 17.0 Å². The van der Waals surface area contributed by atoms with Gasteiger partial charge in [0, 0.05) is 18.3 Å². The minimum atomic E-state index is -0.541. The fourth-order valence-electron chi connectivity index (χ4n) is 2.40. The van der Waals surface area contributed by atoms with E-state index < -0.39 is 10.8 Å². The van der Waals surface area contributed by atoms with Gasteiger partial charge in [-0.25, -0.2) is 4.98 Å². The summed E-state index contributed by atoms with van der Waals surface area (Å²) >= 11 is 0. The number of nitrogens with zero attached hydrogens (tertiary/aromatic N) is 5. The Hall–Kier alpha value is -3.75. The van der Waals surface area contributed by atoms with E-state index in [4.69, 9.17) is 0 Å². The van der Waals surface area contributed by atoms with Gasteiger partial charge in [-0.05, 0) is 31.5 Å². The smallest absolute Gasteiger partial charge is 0.269 e. The number of hydrogen-bond donors (Lipinski definition) is 1. The Balaban J connectivity index is 1.79. The van der Waals surface area contributed by atoms with E-state index in [0.717, 1.165) is 0 Å². The van der Waals surface area contributed by atoms with Gasteiger partial charge in [0.15, 0.2) is 5.82 Å². The molecule has 2 aromatic heterocycles. The maximum absolute atomic E-state index is 12.5. The zero-order valence-corrected chi connectivity index (χ0v) is 14.7. The number of pyridine rings is 1. The summed E-state index contributed by atoms with van der Waals surface area (Å²) in [6.07, 6.45) is 1.63. The van der Waals surface area contributed by atoms with Gasteiger partial charge in [-0.2, -0.15) is 9.97 Å². The summed E-state index contributed by atoms with van der Waals surface area (Å²) in [5.74, 6) is 0.0647. The predicted octanol–water partition coefficient (Wildman–Crippen LogP) is 2.89. The summed E-state index contributed by atoms with van der Waals surface area (Å²) in [6, 6.07) is 11.2. The number of rotatable bonds is 5. The SMILES string of the molecule is Cc1nc(NC(=O)C(C)c2ccc([N+](=O)[O-])cc2)nc(-c2ccccn2)n1. The monoisotopic (exact) mass is 364 g/mol. The zero-order valence-electron chi connectivity index (χ0n) is 14.7. The fraction of sp³-hybridized carbons (Fsp3) is 0.167. The highest BCUT2D eigenvalue weighted by molar-refractivity contribution is 5.94. The van der Waals surface area contributed by atoms with Crippen LogP contribution in [0.4, 0.5) is 11.6 Å². The van der Waals surface area contributed by atoms with Crippen molar-refractivity contribution in [3.8, 4) is 11.5 Å². The van der Waals surface area contributed by atoms with Gasteiger partial charge >= 0.3 is 0 Å². The van der Waals surface area contributed by atoms with E-state index in [0.29, 0.717) is 22.9 Å². The summed E-state index contributed by atoms with van der Waals surface area (Å²) < 4.78 is 0. The molecule has 27 heavy (non-hydrogen) atoms. The third-order valence-corrected chi connectivity index (χ3v) is 3.87. The fourth-order valence-corrected chi connectivity index (χ4v) is 2.40. The molecule has 3 aromatic rings. The van der Waals surface area contributed by atoms with Crippen LogP contribution in [0.5, 0.6) is 0 Å². The first kappa shape index (κ1) is 18.1. The molecule has 1 N–H and O–H groups in total. The van der Waals surface area contributed by atoms with Gasteiger partial charge in [-0.1, -0.05) is 18.2 Å². The molecular formula is C18H16N6O3. The average molecular weight is 364 g/mol. The molecule has 1 atom stereocenters. The molecule has 0 fully saturated rings. The molecule has 1 aromatic carbocycles. The molecule has 0 saturated carbocycles. The van der Waals surface area contributed by atoms with E-state index >= 15 is 0 Å². The van der Waals surface area contributed by atoms with Crippen LogP contribution in [0.3, 0.4) is 0 Å². The van der Waals surface area contributed by atoms with Crippen LogP contribution in [-0.4, -0.2) is 30.8 Å². The van der Waals surface area contributed by atoms with E-state index in [-0.39, 0.29) is 17.5 Å². The second-order valence-corrected chi connectivity index (χ2v) is 5.80. The number of aromatic nitrogens is 4. The number of nitro groups is 1. The van der Waals surface area contributed by atoms with Crippen molar-refractivity contribution in [2.24, 2.45) is 0 Å².